The van der Waals surface area contributed by atoms with E-state index in [0.717, 1.165) is 22.3 Å². The molecule has 1 aliphatic rings. The number of carboxylic acid groups (broad SMARTS) is 1. The van der Waals surface area contributed by atoms with E-state index in [1.54, 1.807) is 42.4 Å². The number of hydrogen-bond acceptors (Lipinski definition) is 6. The van der Waals surface area contributed by atoms with Gasteiger partial charge in [0, 0.05) is 38.1 Å². The van der Waals surface area contributed by atoms with Gasteiger partial charge in [-0.1, -0.05) is 18.2 Å². The van der Waals surface area contributed by atoms with Crippen LogP contribution in [0.15, 0.2) is 53.6 Å². The topological polar surface area (TPSA) is 114 Å². The van der Waals surface area contributed by atoms with Gasteiger partial charge in [-0.2, -0.15) is 0 Å². The zero-order valence-electron chi connectivity index (χ0n) is 19.1. The van der Waals surface area contributed by atoms with Crippen LogP contribution in [0.1, 0.15) is 21.5 Å². The van der Waals surface area contributed by atoms with Crippen molar-refractivity contribution in [2.24, 2.45) is 7.05 Å². The van der Waals surface area contributed by atoms with Crippen molar-refractivity contribution >= 4 is 23.4 Å². The molecule has 34 heavy (non-hydrogen) atoms. The molecule has 0 bridgehead atoms. The standard InChI is InChI=1S/C25H26N4O5/c1-16-17(13-23(30)31)4-3-5-20(16)19-12-21(25(33)28(2)15-19)27-22-7-6-18(14-26-22)24(32)29-8-10-34-11-9-29/h3-7,12,14-15H,8-11,13H2,1-2H3,(H,26,27)(H,30,31). The van der Waals surface area contributed by atoms with Crippen LogP contribution in [0.25, 0.3) is 11.1 Å². The summed E-state index contributed by atoms with van der Waals surface area (Å²) in [4.78, 5) is 42.6. The Morgan fingerprint density at radius 2 is 1.94 bits per heavy atom. The second-order valence-electron chi connectivity index (χ2n) is 8.18. The molecule has 2 N–H and O–H groups in total. The van der Waals surface area contributed by atoms with Crippen molar-refractivity contribution in [3.8, 4) is 11.1 Å². The maximum Gasteiger partial charge on any atom is 0.307 e. The molecule has 0 atom stereocenters. The van der Waals surface area contributed by atoms with Crippen molar-refractivity contribution in [2.75, 3.05) is 31.6 Å². The fourth-order valence-electron chi connectivity index (χ4n) is 3.98. The van der Waals surface area contributed by atoms with Gasteiger partial charge < -0.3 is 24.6 Å². The van der Waals surface area contributed by atoms with Crippen LogP contribution in [0.3, 0.4) is 0 Å². The molecule has 9 heteroatoms. The number of benzene rings is 1. The first-order valence-corrected chi connectivity index (χ1v) is 10.9. The molecule has 1 saturated heterocycles. The molecule has 0 radical (unpaired) electrons. The van der Waals surface area contributed by atoms with Gasteiger partial charge in [0.15, 0.2) is 0 Å². The summed E-state index contributed by atoms with van der Waals surface area (Å²) in [7, 11) is 1.66. The van der Waals surface area contributed by atoms with Crippen LogP contribution >= 0.6 is 0 Å². The third kappa shape index (κ3) is 4.99. The maximum atomic E-state index is 12.8. The van der Waals surface area contributed by atoms with Gasteiger partial charge in [-0.25, -0.2) is 4.98 Å². The van der Waals surface area contributed by atoms with Crippen LogP contribution in [0, 0.1) is 6.92 Å². The number of carboxylic acids is 1. The molecule has 0 unspecified atom stereocenters. The van der Waals surface area contributed by atoms with E-state index in [0.29, 0.717) is 43.4 Å². The van der Waals surface area contributed by atoms with Crippen LogP contribution < -0.4 is 10.9 Å². The lowest BCUT2D eigenvalue weighted by Crippen LogP contribution is -2.40. The molecule has 0 spiro atoms. The van der Waals surface area contributed by atoms with E-state index in [2.05, 4.69) is 10.3 Å². The zero-order chi connectivity index (χ0) is 24.2. The summed E-state index contributed by atoms with van der Waals surface area (Å²) < 4.78 is 6.76. The SMILES string of the molecule is Cc1c(CC(=O)O)cccc1-c1cc(Nc2ccc(C(=O)N3CCOCC3)cn2)c(=O)n(C)c1. The molecular formula is C25H26N4O5. The summed E-state index contributed by atoms with van der Waals surface area (Å²) in [6.07, 6.45) is 3.14. The molecule has 1 amide bonds. The molecule has 1 aliphatic heterocycles. The van der Waals surface area contributed by atoms with Crippen molar-refractivity contribution < 1.29 is 19.4 Å². The van der Waals surface area contributed by atoms with Gasteiger partial charge in [-0.05, 0) is 41.8 Å². The molecule has 1 aromatic carbocycles. The van der Waals surface area contributed by atoms with Crippen LogP contribution in [-0.2, 0) is 23.0 Å². The van der Waals surface area contributed by atoms with Crippen LogP contribution in [0.2, 0.25) is 0 Å². The van der Waals surface area contributed by atoms with E-state index in [9.17, 15) is 19.5 Å². The molecular weight excluding hydrogens is 436 g/mol. The second kappa shape index (κ2) is 9.88. The Balaban J connectivity index is 1.59. The highest BCUT2D eigenvalue weighted by Crippen LogP contribution is 2.27. The molecule has 0 aliphatic carbocycles. The number of carbonyl (C=O) groups is 2. The van der Waals surface area contributed by atoms with Crippen LogP contribution in [0.5, 0.6) is 0 Å². The number of aryl methyl sites for hydroxylation is 1. The van der Waals surface area contributed by atoms with Crippen LogP contribution in [0.4, 0.5) is 11.5 Å². The summed E-state index contributed by atoms with van der Waals surface area (Å²) in [5.41, 5.74) is 3.74. The Morgan fingerprint density at radius 3 is 2.62 bits per heavy atom. The third-order valence-electron chi connectivity index (χ3n) is 5.85. The van der Waals surface area contributed by atoms with E-state index < -0.39 is 5.97 Å². The van der Waals surface area contributed by atoms with E-state index in [4.69, 9.17) is 4.74 Å². The summed E-state index contributed by atoms with van der Waals surface area (Å²) in [6, 6.07) is 10.6. The van der Waals surface area contributed by atoms with E-state index in [-0.39, 0.29) is 17.9 Å². The first kappa shape index (κ1) is 23.2. The summed E-state index contributed by atoms with van der Waals surface area (Å²) in [5, 5.41) is 12.2. The number of aromatic nitrogens is 2. The lowest BCUT2D eigenvalue weighted by atomic mass is 9.95. The monoisotopic (exact) mass is 462 g/mol. The molecule has 0 saturated carbocycles. The van der Waals surface area contributed by atoms with E-state index in [1.807, 2.05) is 19.1 Å². The van der Waals surface area contributed by atoms with Gasteiger partial charge in [0.25, 0.3) is 11.5 Å². The number of anilines is 2. The van der Waals surface area contributed by atoms with Crippen molar-refractivity contribution in [3.05, 3.63) is 75.8 Å². The molecule has 176 valence electrons. The smallest absolute Gasteiger partial charge is 0.307 e. The highest BCUT2D eigenvalue weighted by atomic mass is 16.5. The number of aliphatic carboxylic acids is 1. The van der Waals surface area contributed by atoms with Crippen molar-refractivity contribution in [3.63, 3.8) is 0 Å². The molecule has 3 heterocycles. The normalized spacial score (nSPS) is 13.5. The van der Waals surface area contributed by atoms with Gasteiger partial charge in [0.1, 0.15) is 11.5 Å². The Labute approximate surface area is 196 Å². The van der Waals surface area contributed by atoms with Crippen molar-refractivity contribution in [1.29, 1.82) is 0 Å². The molecule has 9 nitrogen and oxygen atoms in total. The molecule has 2 aromatic heterocycles. The predicted octanol–water partition coefficient (Wildman–Crippen LogP) is 2.60. The fourth-order valence-corrected chi connectivity index (χ4v) is 3.98. The third-order valence-corrected chi connectivity index (χ3v) is 5.85. The van der Waals surface area contributed by atoms with Crippen molar-refractivity contribution in [1.82, 2.24) is 14.5 Å². The van der Waals surface area contributed by atoms with E-state index in [1.165, 1.54) is 10.8 Å². The minimum atomic E-state index is -0.898. The molecule has 3 aromatic rings. The summed E-state index contributed by atoms with van der Waals surface area (Å²) >= 11 is 0. The van der Waals surface area contributed by atoms with Gasteiger partial charge in [-0.3, -0.25) is 14.4 Å². The molecule has 4 rings (SSSR count). The summed E-state index contributed by atoms with van der Waals surface area (Å²) in [6.45, 7) is 4.02. The van der Waals surface area contributed by atoms with Gasteiger partial charge >= 0.3 is 5.97 Å². The number of pyridine rings is 2. The minimum Gasteiger partial charge on any atom is -0.481 e. The number of nitrogens with zero attached hydrogens (tertiary/aromatic N) is 3. The van der Waals surface area contributed by atoms with Crippen molar-refractivity contribution in [2.45, 2.75) is 13.3 Å². The Kier molecular flexibility index (Phi) is 6.74. The lowest BCUT2D eigenvalue weighted by molar-refractivity contribution is -0.136. The number of morpholine rings is 1. The number of carbonyl (C=O) groups excluding carboxylic acids is 1. The fraction of sp³-hybridized carbons (Fsp3) is 0.280. The van der Waals surface area contributed by atoms with Gasteiger partial charge in [0.2, 0.25) is 0 Å². The number of rotatable bonds is 6. The second-order valence-corrected chi connectivity index (χ2v) is 8.18. The zero-order valence-corrected chi connectivity index (χ0v) is 19.1. The average molecular weight is 463 g/mol. The minimum absolute atomic E-state index is 0.0734. The first-order valence-electron chi connectivity index (χ1n) is 10.9. The Morgan fingerprint density at radius 1 is 1.18 bits per heavy atom. The van der Waals surface area contributed by atoms with Gasteiger partial charge in [-0.15, -0.1) is 0 Å². The number of amides is 1. The van der Waals surface area contributed by atoms with Gasteiger partial charge in [0.05, 0.1) is 25.2 Å². The number of hydrogen-bond donors (Lipinski definition) is 2. The number of ether oxygens (including phenoxy) is 1. The largest absolute Gasteiger partial charge is 0.481 e. The first-order chi connectivity index (χ1) is 16.3. The lowest BCUT2D eigenvalue weighted by Gasteiger charge is -2.26. The Hall–Kier alpha value is -3.98. The van der Waals surface area contributed by atoms with Crippen LogP contribution in [-0.4, -0.2) is 57.7 Å². The quantitative estimate of drug-likeness (QED) is 0.579. The summed E-state index contributed by atoms with van der Waals surface area (Å²) in [5.74, 6) is -0.564. The highest BCUT2D eigenvalue weighted by Gasteiger charge is 2.19. The highest BCUT2D eigenvalue weighted by molar-refractivity contribution is 5.94. The Bertz CT molecular complexity index is 1280. The predicted molar refractivity (Wildman–Crippen MR) is 127 cm³/mol. The maximum absolute atomic E-state index is 12.8. The number of nitrogens with one attached hydrogen (secondary N) is 1. The van der Waals surface area contributed by atoms with E-state index >= 15 is 0 Å². The molecule has 1 fully saturated rings. The average Bonchev–Trinajstić information content (AvgIpc) is 2.83.